The Morgan fingerprint density at radius 2 is 1.74 bits per heavy atom. The lowest BCUT2D eigenvalue weighted by atomic mass is 10.1. The lowest BCUT2D eigenvalue weighted by Crippen LogP contribution is -2.22. The number of benzene rings is 3. The van der Waals surface area contributed by atoms with E-state index in [0.717, 1.165) is 32.1 Å². The van der Waals surface area contributed by atoms with Crippen LogP contribution in [0.15, 0.2) is 53.5 Å². The molecule has 0 bridgehead atoms. The van der Waals surface area contributed by atoms with E-state index in [1.54, 1.807) is 10.6 Å². The number of ether oxygens (including phenoxy) is 2. The highest BCUT2D eigenvalue weighted by atomic mass is 32.1. The molecule has 1 aromatic heterocycles. The summed E-state index contributed by atoms with van der Waals surface area (Å²) >= 11 is 1.38. The van der Waals surface area contributed by atoms with Gasteiger partial charge in [-0.15, -0.1) is 0 Å². The predicted octanol–water partition coefficient (Wildman–Crippen LogP) is 4.40. The van der Waals surface area contributed by atoms with Crippen molar-refractivity contribution < 1.29 is 19.1 Å². The first kappa shape index (κ1) is 20.8. The Hall–Kier alpha value is -3.45. The van der Waals surface area contributed by atoms with Gasteiger partial charge < -0.3 is 14.0 Å². The van der Waals surface area contributed by atoms with Gasteiger partial charge in [0.15, 0.2) is 4.80 Å². The first-order valence-corrected chi connectivity index (χ1v) is 10.6. The Morgan fingerprint density at radius 1 is 1.03 bits per heavy atom. The van der Waals surface area contributed by atoms with Crippen molar-refractivity contribution in [1.29, 1.82) is 0 Å². The number of methoxy groups -OCH3 is 2. The van der Waals surface area contributed by atoms with E-state index < -0.39 is 11.9 Å². The molecular weight excluding hydrogens is 412 g/mol. The molecule has 0 unspecified atom stereocenters. The van der Waals surface area contributed by atoms with Crippen molar-refractivity contribution in [2.45, 2.75) is 20.4 Å². The summed E-state index contributed by atoms with van der Waals surface area (Å²) in [4.78, 5) is 30.1. The summed E-state index contributed by atoms with van der Waals surface area (Å²) in [5.41, 5.74) is 3.35. The number of carbonyl (C=O) groups is 2. The van der Waals surface area contributed by atoms with Crippen LogP contribution < -0.4 is 9.54 Å². The fourth-order valence-electron chi connectivity index (χ4n) is 3.65. The molecule has 31 heavy (non-hydrogen) atoms. The molecule has 6 nitrogen and oxygen atoms in total. The molecule has 158 valence electrons. The molecule has 4 aromatic rings. The monoisotopic (exact) mass is 434 g/mol. The van der Waals surface area contributed by atoms with Crippen LogP contribution in [0.25, 0.3) is 21.0 Å². The number of rotatable bonds is 4. The first-order valence-electron chi connectivity index (χ1n) is 9.74. The number of esters is 1. The van der Waals surface area contributed by atoms with Crippen molar-refractivity contribution in [1.82, 2.24) is 4.57 Å². The van der Waals surface area contributed by atoms with Crippen molar-refractivity contribution >= 4 is 44.2 Å². The van der Waals surface area contributed by atoms with Crippen LogP contribution in [0.2, 0.25) is 0 Å². The number of hydrogen-bond acceptors (Lipinski definition) is 5. The third-order valence-electron chi connectivity index (χ3n) is 5.12. The fourth-order valence-corrected chi connectivity index (χ4v) is 4.72. The van der Waals surface area contributed by atoms with Crippen LogP contribution in [0.3, 0.4) is 0 Å². The van der Waals surface area contributed by atoms with Crippen molar-refractivity contribution in [2.24, 2.45) is 4.99 Å². The molecule has 1 amide bonds. The van der Waals surface area contributed by atoms with E-state index in [-0.39, 0.29) is 6.54 Å². The molecule has 0 saturated heterocycles. The average molecular weight is 435 g/mol. The van der Waals surface area contributed by atoms with Crippen LogP contribution in [0.5, 0.6) is 5.75 Å². The zero-order chi connectivity index (χ0) is 22.1. The van der Waals surface area contributed by atoms with Crippen molar-refractivity contribution in [3.8, 4) is 5.75 Å². The molecule has 0 aliphatic heterocycles. The zero-order valence-electron chi connectivity index (χ0n) is 17.8. The number of fused-ring (bicyclic) bond motifs is 2. The summed E-state index contributed by atoms with van der Waals surface area (Å²) < 4.78 is 13.0. The fraction of sp³-hybridized carbons (Fsp3) is 0.208. The van der Waals surface area contributed by atoms with Crippen LogP contribution in [0, 0.1) is 13.8 Å². The van der Waals surface area contributed by atoms with Crippen molar-refractivity contribution in [3.05, 3.63) is 70.0 Å². The Balaban J connectivity index is 1.92. The van der Waals surface area contributed by atoms with E-state index in [0.29, 0.717) is 16.1 Å². The summed E-state index contributed by atoms with van der Waals surface area (Å²) in [7, 11) is 2.87. The lowest BCUT2D eigenvalue weighted by Gasteiger charge is -2.08. The first-order chi connectivity index (χ1) is 14.9. The summed E-state index contributed by atoms with van der Waals surface area (Å²) in [6, 6.07) is 15.4. The molecular formula is C24H22N2O4S. The molecule has 1 heterocycles. The van der Waals surface area contributed by atoms with E-state index in [9.17, 15) is 9.59 Å². The van der Waals surface area contributed by atoms with Gasteiger partial charge in [-0.05, 0) is 53.9 Å². The number of amides is 1. The Morgan fingerprint density at radius 3 is 2.42 bits per heavy atom. The third-order valence-corrected chi connectivity index (χ3v) is 6.35. The number of carbonyl (C=O) groups excluding carboxylic acids is 2. The molecule has 0 radical (unpaired) electrons. The quantitative estimate of drug-likeness (QED) is 0.447. The lowest BCUT2D eigenvalue weighted by molar-refractivity contribution is -0.141. The zero-order valence-corrected chi connectivity index (χ0v) is 18.6. The Labute approximate surface area is 183 Å². The highest BCUT2D eigenvalue weighted by molar-refractivity contribution is 7.16. The molecule has 0 atom stereocenters. The number of aromatic nitrogens is 1. The highest BCUT2D eigenvalue weighted by Gasteiger charge is 2.17. The second-order valence-corrected chi connectivity index (χ2v) is 8.27. The second-order valence-electron chi connectivity index (χ2n) is 7.29. The number of hydrogen-bond donors (Lipinski definition) is 0. The third kappa shape index (κ3) is 3.96. The van der Waals surface area contributed by atoms with Crippen LogP contribution in [-0.4, -0.2) is 30.7 Å². The van der Waals surface area contributed by atoms with Gasteiger partial charge in [0.05, 0.1) is 30.0 Å². The molecule has 0 N–H and O–H groups in total. The van der Waals surface area contributed by atoms with E-state index in [1.165, 1.54) is 25.6 Å². The van der Waals surface area contributed by atoms with Gasteiger partial charge in [-0.25, -0.2) is 0 Å². The van der Waals surface area contributed by atoms with Gasteiger partial charge in [0.1, 0.15) is 12.3 Å². The van der Waals surface area contributed by atoms with Crippen LogP contribution >= 0.6 is 11.3 Å². The van der Waals surface area contributed by atoms with Gasteiger partial charge in [0.25, 0.3) is 5.91 Å². The standard InChI is InChI=1S/C24H22N2O4S/c1-14-9-15(2)22-19(10-14)26(13-21(27)30-4)24(31-22)25-23(28)18-11-16-7-5-6-8-17(16)12-20(18)29-3/h5-12H,13H2,1-4H3. The number of thiazole rings is 1. The minimum atomic E-state index is -0.429. The topological polar surface area (TPSA) is 69.9 Å². The normalized spacial score (nSPS) is 11.8. The molecule has 3 aromatic carbocycles. The predicted molar refractivity (Wildman–Crippen MR) is 122 cm³/mol. The number of aryl methyl sites for hydroxylation is 2. The smallest absolute Gasteiger partial charge is 0.325 e. The molecule has 0 saturated carbocycles. The van der Waals surface area contributed by atoms with E-state index in [1.807, 2.05) is 50.2 Å². The second kappa shape index (κ2) is 8.35. The van der Waals surface area contributed by atoms with Crippen LogP contribution in [0.1, 0.15) is 21.5 Å². The summed E-state index contributed by atoms with van der Waals surface area (Å²) in [6.07, 6.45) is 0. The van der Waals surface area contributed by atoms with E-state index >= 15 is 0 Å². The Bertz CT molecular complexity index is 1400. The van der Waals surface area contributed by atoms with Crippen molar-refractivity contribution in [3.63, 3.8) is 0 Å². The Kier molecular flexibility index (Phi) is 5.61. The van der Waals surface area contributed by atoms with Crippen LogP contribution in [0.4, 0.5) is 0 Å². The molecule has 0 fully saturated rings. The summed E-state index contributed by atoms with van der Waals surface area (Å²) in [6.45, 7) is 3.97. The molecule has 7 heteroatoms. The molecule has 0 aliphatic carbocycles. The van der Waals surface area contributed by atoms with E-state index in [4.69, 9.17) is 9.47 Å². The molecule has 0 aliphatic rings. The van der Waals surface area contributed by atoms with Gasteiger partial charge in [-0.1, -0.05) is 41.7 Å². The van der Waals surface area contributed by atoms with Gasteiger partial charge in [0, 0.05) is 0 Å². The van der Waals surface area contributed by atoms with Gasteiger partial charge in [0.2, 0.25) is 0 Å². The molecule has 0 spiro atoms. The minimum Gasteiger partial charge on any atom is -0.496 e. The summed E-state index contributed by atoms with van der Waals surface area (Å²) in [5.74, 6) is -0.377. The van der Waals surface area contributed by atoms with Gasteiger partial charge in [-0.3, -0.25) is 9.59 Å². The highest BCUT2D eigenvalue weighted by Crippen LogP contribution is 2.27. The van der Waals surface area contributed by atoms with Crippen LogP contribution in [-0.2, 0) is 16.1 Å². The molecule has 4 rings (SSSR count). The van der Waals surface area contributed by atoms with Gasteiger partial charge in [-0.2, -0.15) is 4.99 Å². The SMILES string of the molecule is COC(=O)Cn1c(=NC(=O)c2cc3ccccc3cc2OC)sc2c(C)cc(C)cc21. The number of nitrogens with zero attached hydrogens (tertiary/aromatic N) is 2. The van der Waals surface area contributed by atoms with Gasteiger partial charge >= 0.3 is 5.97 Å². The average Bonchev–Trinajstić information content (AvgIpc) is 3.09. The maximum absolute atomic E-state index is 13.2. The minimum absolute atomic E-state index is 0.0274. The largest absolute Gasteiger partial charge is 0.496 e. The maximum Gasteiger partial charge on any atom is 0.325 e. The maximum atomic E-state index is 13.2. The summed E-state index contributed by atoms with van der Waals surface area (Å²) in [5, 5.41) is 1.90. The van der Waals surface area contributed by atoms with Crippen molar-refractivity contribution in [2.75, 3.05) is 14.2 Å². The van der Waals surface area contributed by atoms with E-state index in [2.05, 4.69) is 11.1 Å².